The van der Waals surface area contributed by atoms with Gasteiger partial charge in [0.05, 0.1) is 0 Å². The molecule has 0 bridgehead atoms. The van der Waals surface area contributed by atoms with Crippen LogP contribution in [0.5, 0.6) is 0 Å². The van der Waals surface area contributed by atoms with Crippen molar-refractivity contribution in [2.45, 2.75) is 37.8 Å². The predicted octanol–water partition coefficient (Wildman–Crippen LogP) is 0.605. The molecule has 1 rings (SSSR count). The summed E-state index contributed by atoms with van der Waals surface area (Å²) in [6, 6.07) is 1.15. The van der Waals surface area contributed by atoms with Gasteiger partial charge in [0.15, 0.2) is 0 Å². The maximum absolute atomic E-state index is 10.2. The van der Waals surface area contributed by atoms with Gasteiger partial charge in [-0.15, -0.1) is 0 Å². The summed E-state index contributed by atoms with van der Waals surface area (Å²) in [5.74, 6) is 0. The molecule has 0 atom stereocenters. The van der Waals surface area contributed by atoms with E-state index in [1.165, 1.54) is 12.8 Å². The molecular formula is C9H18N2O. The van der Waals surface area contributed by atoms with E-state index in [0.717, 1.165) is 25.3 Å². The van der Waals surface area contributed by atoms with Crippen LogP contribution in [0.4, 0.5) is 0 Å². The van der Waals surface area contributed by atoms with E-state index in [0.29, 0.717) is 6.04 Å². The second-order valence-corrected chi connectivity index (χ2v) is 3.75. The lowest BCUT2D eigenvalue weighted by Crippen LogP contribution is -2.38. The molecule has 0 saturated heterocycles. The summed E-state index contributed by atoms with van der Waals surface area (Å²) in [5.41, 5.74) is 0. The number of amides is 1. The van der Waals surface area contributed by atoms with E-state index in [4.69, 9.17) is 0 Å². The van der Waals surface area contributed by atoms with Crippen LogP contribution in [0, 0.1) is 0 Å². The monoisotopic (exact) mass is 170 g/mol. The van der Waals surface area contributed by atoms with E-state index in [1.807, 2.05) is 0 Å². The first-order valence-electron chi connectivity index (χ1n) is 4.60. The average Bonchev–Trinajstić information content (AvgIpc) is 2.06. The van der Waals surface area contributed by atoms with Crippen LogP contribution in [0.15, 0.2) is 0 Å². The first kappa shape index (κ1) is 9.52. The third-order valence-electron chi connectivity index (χ3n) is 2.73. The minimum Gasteiger partial charge on any atom is -0.356 e. The predicted molar refractivity (Wildman–Crippen MR) is 48.9 cm³/mol. The van der Waals surface area contributed by atoms with Crippen molar-refractivity contribution in [2.24, 2.45) is 0 Å². The Morgan fingerprint density at radius 2 is 1.83 bits per heavy atom. The molecule has 1 saturated carbocycles. The highest BCUT2D eigenvalue weighted by Crippen LogP contribution is 2.20. The van der Waals surface area contributed by atoms with Crippen molar-refractivity contribution in [3.8, 4) is 0 Å². The third kappa shape index (κ3) is 2.48. The van der Waals surface area contributed by atoms with Gasteiger partial charge in [-0.1, -0.05) is 0 Å². The second kappa shape index (κ2) is 4.45. The number of hydrogen-bond acceptors (Lipinski definition) is 2. The quantitative estimate of drug-likeness (QED) is 0.629. The van der Waals surface area contributed by atoms with Gasteiger partial charge in [0, 0.05) is 12.1 Å². The fraction of sp³-hybridized carbons (Fsp3) is 0.889. The minimum atomic E-state index is 0.429. The fourth-order valence-corrected chi connectivity index (χ4v) is 1.86. The molecule has 3 nitrogen and oxygen atoms in total. The summed E-state index contributed by atoms with van der Waals surface area (Å²) < 4.78 is 0. The zero-order chi connectivity index (χ0) is 8.97. The Hall–Kier alpha value is -0.570. The van der Waals surface area contributed by atoms with E-state index in [-0.39, 0.29) is 0 Å². The van der Waals surface area contributed by atoms with Crippen LogP contribution in [-0.2, 0) is 4.79 Å². The van der Waals surface area contributed by atoms with Crippen molar-refractivity contribution in [2.75, 3.05) is 14.1 Å². The molecular weight excluding hydrogens is 152 g/mol. The van der Waals surface area contributed by atoms with E-state index in [2.05, 4.69) is 24.3 Å². The molecule has 1 amide bonds. The molecule has 70 valence electrons. The van der Waals surface area contributed by atoms with Crippen molar-refractivity contribution in [3.05, 3.63) is 0 Å². The highest BCUT2D eigenvalue weighted by Gasteiger charge is 2.21. The van der Waals surface area contributed by atoms with Gasteiger partial charge in [0.25, 0.3) is 0 Å². The van der Waals surface area contributed by atoms with E-state index < -0.39 is 0 Å². The van der Waals surface area contributed by atoms with E-state index in [9.17, 15) is 4.79 Å². The maximum atomic E-state index is 10.2. The highest BCUT2D eigenvalue weighted by molar-refractivity contribution is 5.46. The molecule has 12 heavy (non-hydrogen) atoms. The molecule has 0 aromatic carbocycles. The highest BCUT2D eigenvalue weighted by atomic mass is 16.1. The van der Waals surface area contributed by atoms with Gasteiger partial charge < -0.3 is 10.2 Å². The van der Waals surface area contributed by atoms with E-state index in [1.54, 1.807) is 0 Å². The van der Waals surface area contributed by atoms with Crippen molar-refractivity contribution in [1.29, 1.82) is 0 Å². The topological polar surface area (TPSA) is 32.3 Å². The Labute approximate surface area is 74.1 Å². The van der Waals surface area contributed by atoms with Crippen LogP contribution < -0.4 is 5.32 Å². The molecule has 1 fully saturated rings. The van der Waals surface area contributed by atoms with Crippen molar-refractivity contribution >= 4 is 6.41 Å². The van der Waals surface area contributed by atoms with Gasteiger partial charge >= 0.3 is 0 Å². The number of carbonyl (C=O) groups is 1. The zero-order valence-electron chi connectivity index (χ0n) is 7.92. The van der Waals surface area contributed by atoms with Crippen LogP contribution in [0.25, 0.3) is 0 Å². The Balaban J connectivity index is 2.24. The Kier molecular flexibility index (Phi) is 3.53. The molecule has 1 aliphatic rings. The van der Waals surface area contributed by atoms with Gasteiger partial charge in [-0.25, -0.2) is 0 Å². The van der Waals surface area contributed by atoms with Gasteiger partial charge in [-0.05, 0) is 39.8 Å². The molecule has 0 spiro atoms. The number of nitrogens with one attached hydrogen (secondary N) is 1. The standard InChI is InChI=1S/C9H18N2O/c1-11(2)9-5-3-8(4-6-9)10-7-12/h7-9H,3-6H2,1-2H3,(H,10,12). The molecule has 0 aliphatic heterocycles. The minimum absolute atomic E-state index is 0.429. The Bertz CT molecular complexity index is 139. The first-order valence-corrected chi connectivity index (χ1v) is 4.60. The number of hydrogen-bond donors (Lipinski definition) is 1. The normalized spacial score (nSPS) is 30.2. The zero-order valence-corrected chi connectivity index (χ0v) is 7.92. The third-order valence-corrected chi connectivity index (χ3v) is 2.73. The summed E-state index contributed by atoms with van der Waals surface area (Å²) in [7, 11) is 4.25. The number of nitrogens with zero attached hydrogens (tertiary/aromatic N) is 1. The molecule has 0 radical (unpaired) electrons. The van der Waals surface area contributed by atoms with Crippen molar-refractivity contribution < 1.29 is 4.79 Å². The van der Waals surface area contributed by atoms with Gasteiger partial charge in [-0.3, -0.25) is 4.79 Å². The lowest BCUT2D eigenvalue weighted by Gasteiger charge is -2.32. The fourth-order valence-electron chi connectivity index (χ4n) is 1.86. The number of carbonyl (C=O) groups excluding carboxylic acids is 1. The SMILES string of the molecule is CN(C)C1CCC(NC=O)CC1. The van der Waals surface area contributed by atoms with Gasteiger partial charge in [-0.2, -0.15) is 0 Å². The molecule has 3 heteroatoms. The molecule has 0 heterocycles. The molecule has 0 aromatic rings. The smallest absolute Gasteiger partial charge is 0.207 e. The van der Waals surface area contributed by atoms with E-state index >= 15 is 0 Å². The number of rotatable bonds is 3. The van der Waals surface area contributed by atoms with Crippen LogP contribution in [0.3, 0.4) is 0 Å². The summed E-state index contributed by atoms with van der Waals surface area (Å²) >= 11 is 0. The summed E-state index contributed by atoms with van der Waals surface area (Å²) in [6.45, 7) is 0. The molecule has 1 aliphatic carbocycles. The van der Waals surface area contributed by atoms with Gasteiger partial charge in [0.1, 0.15) is 0 Å². The molecule has 0 aromatic heterocycles. The molecule has 1 N–H and O–H groups in total. The summed E-state index contributed by atoms with van der Waals surface area (Å²) in [6.07, 6.45) is 5.49. The maximum Gasteiger partial charge on any atom is 0.207 e. The lowest BCUT2D eigenvalue weighted by atomic mass is 9.91. The van der Waals surface area contributed by atoms with Crippen LogP contribution >= 0.6 is 0 Å². The molecule has 0 unspecified atom stereocenters. The second-order valence-electron chi connectivity index (χ2n) is 3.75. The lowest BCUT2D eigenvalue weighted by molar-refractivity contribution is -0.110. The average molecular weight is 170 g/mol. The largest absolute Gasteiger partial charge is 0.356 e. The van der Waals surface area contributed by atoms with Crippen LogP contribution in [0.1, 0.15) is 25.7 Å². The Morgan fingerprint density at radius 1 is 1.25 bits per heavy atom. The summed E-state index contributed by atoms with van der Waals surface area (Å²) in [5, 5.41) is 2.84. The van der Waals surface area contributed by atoms with Crippen LogP contribution in [-0.4, -0.2) is 37.5 Å². The van der Waals surface area contributed by atoms with Crippen LogP contribution in [0.2, 0.25) is 0 Å². The summed E-state index contributed by atoms with van der Waals surface area (Å²) in [4.78, 5) is 12.4. The van der Waals surface area contributed by atoms with Crippen molar-refractivity contribution in [3.63, 3.8) is 0 Å². The van der Waals surface area contributed by atoms with Crippen molar-refractivity contribution in [1.82, 2.24) is 10.2 Å². The first-order chi connectivity index (χ1) is 5.74. The Morgan fingerprint density at radius 3 is 2.25 bits per heavy atom. The van der Waals surface area contributed by atoms with Gasteiger partial charge in [0.2, 0.25) is 6.41 Å².